The lowest BCUT2D eigenvalue weighted by atomic mass is 9.79. The Kier molecular flexibility index (Phi) is 10.4. The minimum absolute atomic E-state index is 0.0194. The fraction of sp³-hybridized carbons (Fsp3) is 0.743. The molecule has 1 aliphatic carbocycles. The van der Waals surface area contributed by atoms with Crippen molar-refractivity contribution in [2.45, 2.75) is 129 Å². The Hall–Kier alpha value is -2.29. The first-order valence-electron chi connectivity index (χ1n) is 16.2. The van der Waals surface area contributed by atoms with Crippen molar-refractivity contribution in [2.24, 2.45) is 5.92 Å². The molecular weight excluding hydrogens is 538 g/mol. The molecule has 0 unspecified atom stereocenters. The third-order valence-corrected chi connectivity index (χ3v) is 8.72. The molecule has 2 fully saturated rings. The molecule has 3 heterocycles. The summed E-state index contributed by atoms with van der Waals surface area (Å²) in [6.45, 7) is 26.5. The van der Waals surface area contributed by atoms with Gasteiger partial charge in [0.15, 0.2) is 0 Å². The van der Waals surface area contributed by atoms with Crippen molar-refractivity contribution in [1.82, 2.24) is 25.2 Å². The summed E-state index contributed by atoms with van der Waals surface area (Å²) in [6.07, 6.45) is 9.90. The first-order valence-corrected chi connectivity index (χ1v) is 16.2. The van der Waals surface area contributed by atoms with Gasteiger partial charge in [-0.25, -0.2) is 9.97 Å². The van der Waals surface area contributed by atoms with Crippen molar-refractivity contribution in [3.05, 3.63) is 42.0 Å². The van der Waals surface area contributed by atoms with E-state index in [0.717, 1.165) is 63.5 Å². The average molecular weight is 596 g/mol. The van der Waals surface area contributed by atoms with Crippen molar-refractivity contribution in [3.8, 4) is 11.8 Å². The normalized spacial score (nSPS) is 20.4. The van der Waals surface area contributed by atoms with Crippen molar-refractivity contribution >= 4 is 0 Å². The van der Waals surface area contributed by atoms with Crippen molar-refractivity contribution in [2.75, 3.05) is 32.8 Å². The molecule has 0 bridgehead atoms. The number of hydrogen-bond donors (Lipinski definition) is 1. The highest BCUT2D eigenvalue weighted by molar-refractivity contribution is 5.24. The lowest BCUT2D eigenvalue weighted by molar-refractivity contribution is -0.0319. The van der Waals surface area contributed by atoms with Gasteiger partial charge in [0, 0.05) is 54.8 Å². The van der Waals surface area contributed by atoms with E-state index >= 15 is 0 Å². The van der Waals surface area contributed by atoms with Gasteiger partial charge in [-0.15, -0.1) is 0 Å². The third kappa shape index (κ3) is 10.4. The highest BCUT2D eigenvalue weighted by Crippen LogP contribution is 2.33. The topological polar surface area (TPSA) is 81.6 Å². The molecule has 2 aromatic rings. The molecule has 8 heteroatoms. The number of rotatable bonds is 14. The molecule has 1 aliphatic heterocycles. The number of nitrogens with one attached hydrogen (secondary N) is 1. The van der Waals surface area contributed by atoms with Gasteiger partial charge in [-0.3, -0.25) is 4.98 Å². The summed E-state index contributed by atoms with van der Waals surface area (Å²) >= 11 is 0. The van der Waals surface area contributed by atoms with Crippen LogP contribution in [-0.2, 0) is 15.6 Å². The molecule has 2 aliphatic rings. The highest BCUT2D eigenvalue weighted by Gasteiger charge is 2.36. The Morgan fingerprint density at radius 3 is 2.12 bits per heavy atom. The minimum atomic E-state index is -0.0791. The van der Waals surface area contributed by atoms with E-state index in [1.165, 1.54) is 5.56 Å². The molecule has 2 aromatic heterocycles. The van der Waals surface area contributed by atoms with E-state index in [4.69, 9.17) is 19.2 Å². The average Bonchev–Trinajstić information content (AvgIpc) is 2.86. The maximum atomic E-state index is 6.13. The molecular formula is C35H57N5O3. The molecule has 1 N–H and O–H groups in total. The smallest absolute Gasteiger partial charge is 0.232 e. The van der Waals surface area contributed by atoms with Crippen LogP contribution in [0.15, 0.2) is 30.7 Å². The fourth-order valence-electron chi connectivity index (χ4n) is 5.61. The summed E-state index contributed by atoms with van der Waals surface area (Å²) in [7, 11) is 0. The first-order chi connectivity index (χ1) is 20.0. The van der Waals surface area contributed by atoms with Crippen LogP contribution in [-0.4, -0.2) is 76.0 Å². The molecule has 1 saturated heterocycles. The lowest BCUT2D eigenvalue weighted by Gasteiger charge is -2.42. The van der Waals surface area contributed by atoms with Gasteiger partial charge >= 0.3 is 0 Å². The Labute approximate surface area is 260 Å². The van der Waals surface area contributed by atoms with Gasteiger partial charge in [-0.1, -0.05) is 40.7 Å². The molecule has 8 nitrogen and oxygen atoms in total. The minimum Gasteiger partial charge on any atom is -0.476 e. The number of hydrogen-bond acceptors (Lipinski definition) is 8. The van der Waals surface area contributed by atoms with Crippen molar-refractivity contribution < 1.29 is 14.2 Å². The van der Waals surface area contributed by atoms with Gasteiger partial charge in [0.1, 0.15) is 6.10 Å². The SMILES string of the molecule is CC(C)(CCC(C)(C)c1cnc(OCC2CN(CCOC(C)(C)C)C2)cn1)N[C@H]1C[C@H](Oc2ccc(C(C)(C)C)cn2)C1. The van der Waals surface area contributed by atoms with Gasteiger partial charge in [0.05, 0.1) is 36.9 Å². The highest BCUT2D eigenvalue weighted by atomic mass is 16.5. The molecule has 0 atom stereocenters. The Bertz CT molecular complexity index is 1140. The zero-order valence-electron chi connectivity index (χ0n) is 28.5. The third-order valence-electron chi connectivity index (χ3n) is 8.72. The van der Waals surface area contributed by atoms with Gasteiger partial charge < -0.3 is 24.4 Å². The van der Waals surface area contributed by atoms with E-state index in [2.05, 4.69) is 95.5 Å². The van der Waals surface area contributed by atoms with Crippen LogP contribution in [0.5, 0.6) is 11.8 Å². The number of pyridine rings is 1. The Balaban J connectivity index is 1.13. The lowest BCUT2D eigenvalue weighted by Crippen LogP contribution is -2.54. The molecule has 43 heavy (non-hydrogen) atoms. The monoisotopic (exact) mass is 595 g/mol. The maximum absolute atomic E-state index is 6.13. The van der Waals surface area contributed by atoms with E-state index in [0.29, 0.717) is 24.4 Å². The second kappa shape index (κ2) is 13.4. The van der Waals surface area contributed by atoms with Gasteiger partial charge in [-0.05, 0) is 71.3 Å². The van der Waals surface area contributed by atoms with Crippen LogP contribution in [0.4, 0.5) is 0 Å². The molecule has 1 saturated carbocycles. The van der Waals surface area contributed by atoms with Crippen LogP contribution in [0.1, 0.15) is 106 Å². The van der Waals surface area contributed by atoms with Crippen LogP contribution < -0.4 is 14.8 Å². The summed E-state index contributed by atoms with van der Waals surface area (Å²) < 4.78 is 17.9. The molecule has 0 amide bonds. The van der Waals surface area contributed by atoms with E-state index in [1.54, 1.807) is 6.20 Å². The molecule has 240 valence electrons. The van der Waals surface area contributed by atoms with E-state index in [9.17, 15) is 0 Å². The van der Waals surface area contributed by atoms with E-state index < -0.39 is 0 Å². The van der Waals surface area contributed by atoms with Crippen LogP contribution >= 0.6 is 0 Å². The number of likely N-dealkylation sites (tertiary alicyclic amines) is 1. The summed E-state index contributed by atoms with van der Waals surface area (Å²) in [4.78, 5) is 16.3. The Morgan fingerprint density at radius 1 is 0.837 bits per heavy atom. The molecule has 0 radical (unpaired) electrons. The van der Waals surface area contributed by atoms with Crippen molar-refractivity contribution in [3.63, 3.8) is 0 Å². The molecule has 0 spiro atoms. The van der Waals surface area contributed by atoms with Gasteiger partial charge in [0.25, 0.3) is 0 Å². The van der Waals surface area contributed by atoms with Gasteiger partial charge in [-0.2, -0.15) is 0 Å². The second-order valence-corrected chi connectivity index (χ2v) is 16.1. The predicted octanol–water partition coefficient (Wildman–Crippen LogP) is 6.33. The quantitative estimate of drug-likeness (QED) is 0.271. The largest absolute Gasteiger partial charge is 0.476 e. The predicted molar refractivity (Wildman–Crippen MR) is 173 cm³/mol. The summed E-state index contributed by atoms with van der Waals surface area (Å²) in [5.41, 5.74) is 2.20. The fourth-order valence-corrected chi connectivity index (χ4v) is 5.61. The van der Waals surface area contributed by atoms with Crippen molar-refractivity contribution in [1.29, 1.82) is 0 Å². The standard InChI is InChI=1S/C35H57N5O3/c1-32(2,3)26-11-12-30(37-19-26)43-28-17-27(18-28)39-35(9,10)14-13-34(7,8)29-20-38-31(21-36-29)41-24-25-22-40(23-25)15-16-42-33(4,5)6/h11-12,19-21,25,27-28,39H,13-18,22-24H2,1-10H3/t27-,28-. The molecule has 4 rings (SSSR count). The summed E-state index contributed by atoms with van der Waals surface area (Å²) in [6, 6.07) is 4.59. The Morgan fingerprint density at radius 2 is 1.53 bits per heavy atom. The van der Waals surface area contributed by atoms with Crippen LogP contribution in [0.2, 0.25) is 0 Å². The van der Waals surface area contributed by atoms with Crippen LogP contribution in [0.3, 0.4) is 0 Å². The number of aromatic nitrogens is 3. The number of ether oxygens (including phenoxy) is 3. The number of nitrogens with zero attached hydrogens (tertiary/aromatic N) is 4. The summed E-state index contributed by atoms with van der Waals surface area (Å²) in [5, 5.41) is 3.86. The zero-order chi connectivity index (χ0) is 31.5. The second-order valence-electron chi connectivity index (χ2n) is 16.1. The first kappa shape index (κ1) is 33.6. The van der Waals surface area contributed by atoms with E-state index in [1.807, 2.05) is 18.5 Å². The van der Waals surface area contributed by atoms with Crippen LogP contribution in [0.25, 0.3) is 0 Å². The zero-order valence-corrected chi connectivity index (χ0v) is 28.5. The summed E-state index contributed by atoms with van der Waals surface area (Å²) in [5.74, 6) is 1.87. The maximum Gasteiger partial charge on any atom is 0.232 e. The van der Waals surface area contributed by atoms with Gasteiger partial charge in [0.2, 0.25) is 11.8 Å². The van der Waals surface area contributed by atoms with Crippen LogP contribution in [0, 0.1) is 5.92 Å². The molecule has 0 aromatic carbocycles. The van der Waals surface area contributed by atoms with E-state index in [-0.39, 0.29) is 28.1 Å².